The van der Waals surface area contributed by atoms with Gasteiger partial charge in [-0.15, -0.1) is 0 Å². The lowest BCUT2D eigenvalue weighted by molar-refractivity contribution is 0.0907. The molecular weight excluding hydrogens is 300 g/mol. The predicted octanol–water partition coefficient (Wildman–Crippen LogP) is 3.44. The molecule has 1 aromatic heterocycles. The van der Waals surface area contributed by atoms with Gasteiger partial charge in [-0.2, -0.15) is 0 Å². The van der Waals surface area contributed by atoms with Gasteiger partial charge < -0.3 is 15.0 Å². The van der Waals surface area contributed by atoms with E-state index in [-0.39, 0.29) is 12.5 Å². The Morgan fingerprint density at radius 3 is 2.71 bits per heavy atom. The van der Waals surface area contributed by atoms with Crippen LogP contribution in [0.5, 0.6) is 0 Å². The fourth-order valence-electron chi connectivity index (χ4n) is 3.07. The molecule has 1 aliphatic carbocycles. The molecule has 4 nitrogen and oxygen atoms in total. The van der Waals surface area contributed by atoms with Crippen LogP contribution in [0.15, 0.2) is 60.8 Å². The number of carbonyl (C=O) groups excluding carboxylic acids is 1. The fraction of sp³-hybridized carbons (Fsp3) is 0.250. The average Bonchev–Trinajstić information content (AvgIpc) is 3.35. The molecule has 1 heterocycles. The highest BCUT2D eigenvalue weighted by molar-refractivity contribution is 5.92. The zero-order valence-electron chi connectivity index (χ0n) is 13.4. The molecule has 0 saturated heterocycles. The molecular formula is C20H20N2O2. The lowest BCUT2D eigenvalue weighted by Gasteiger charge is -2.14. The van der Waals surface area contributed by atoms with Crippen LogP contribution in [0.4, 0.5) is 0 Å². The van der Waals surface area contributed by atoms with E-state index in [2.05, 4.69) is 5.32 Å². The van der Waals surface area contributed by atoms with E-state index in [1.54, 1.807) is 0 Å². The molecule has 4 heteroatoms. The second kappa shape index (κ2) is 6.13. The van der Waals surface area contributed by atoms with E-state index in [0.29, 0.717) is 11.7 Å². The largest absolute Gasteiger partial charge is 0.387 e. The van der Waals surface area contributed by atoms with Crippen molar-refractivity contribution in [3.63, 3.8) is 0 Å². The smallest absolute Gasteiger partial charge is 0.268 e. The Kier molecular flexibility index (Phi) is 3.82. The Balaban J connectivity index is 1.44. The minimum absolute atomic E-state index is 0.133. The van der Waals surface area contributed by atoms with Gasteiger partial charge in [0.05, 0.1) is 6.10 Å². The number of aliphatic hydroxyl groups is 1. The number of nitrogens with one attached hydrogen (secondary N) is 1. The van der Waals surface area contributed by atoms with Crippen molar-refractivity contribution in [2.75, 3.05) is 6.54 Å². The molecule has 0 aliphatic heterocycles. The predicted molar refractivity (Wildman–Crippen MR) is 93.9 cm³/mol. The number of aromatic nitrogens is 1. The van der Waals surface area contributed by atoms with Crippen molar-refractivity contribution >= 4 is 16.7 Å². The fourth-order valence-corrected chi connectivity index (χ4v) is 3.07. The molecule has 2 aromatic carbocycles. The molecule has 1 atom stereocenters. The topological polar surface area (TPSA) is 54.3 Å². The first-order chi connectivity index (χ1) is 11.7. The van der Waals surface area contributed by atoms with Gasteiger partial charge in [0, 0.05) is 18.8 Å². The van der Waals surface area contributed by atoms with E-state index in [0.717, 1.165) is 29.2 Å². The van der Waals surface area contributed by atoms with Gasteiger partial charge in [-0.3, -0.25) is 4.79 Å². The Morgan fingerprint density at radius 2 is 1.92 bits per heavy atom. The van der Waals surface area contributed by atoms with Crippen molar-refractivity contribution in [3.8, 4) is 0 Å². The second-order valence-electron chi connectivity index (χ2n) is 6.36. The highest BCUT2D eigenvalue weighted by atomic mass is 16.3. The molecule has 0 bridgehead atoms. The summed E-state index contributed by atoms with van der Waals surface area (Å²) in [5, 5.41) is 15.5. The zero-order chi connectivity index (χ0) is 16.5. The number of hydrogen-bond acceptors (Lipinski definition) is 2. The number of fused-ring (bicyclic) bond motifs is 1. The van der Waals surface area contributed by atoms with Crippen LogP contribution in [0, 0.1) is 0 Å². The van der Waals surface area contributed by atoms with Gasteiger partial charge in [-0.1, -0.05) is 36.4 Å². The molecule has 1 fully saturated rings. The summed E-state index contributed by atoms with van der Waals surface area (Å²) < 4.78 is 2.03. The number of benzene rings is 2. The minimum Gasteiger partial charge on any atom is -0.387 e. The lowest BCUT2D eigenvalue weighted by atomic mass is 10.0. The summed E-state index contributed by atoms with van der Waals surface area (Å²) in [6.07, 6.45) is 3.50. The van der Waals surface area contributed by atoms with Crippen LogP contribution in [0.1, 0.15) is 41.0 Å². The number of amides is 1. The summed E-state index contributed by atoms with van der Waals surface area (Å²) in [7, 11) is 0. The van der Waals surface area contributed by atoms with E-state index in [9.17, 15) is 9.90 Å². The minimum atomic E-state index is -0.720. The molecule has 1 amide bonds. The van der Waals surface area contributed by atoms with E-state index in [4.69, 9.17) is 0 Å². The van der Waals surface area contributed by atoms with Gasteiger partial charge in [0.2, 0.25) is 0 Å². The van der Waals surface area contributed by atoms with Crippen molar-refractivity contribution in [2.24, 2.45) is 0 Å². The lowest BCUT2D eigenvalue weighted by Crippen LogP contribution is -2.30. The summed E-state index contributed by atoms with van der Waals surface area (Å²) in [5.41, 5.74) is 1.48. The number of nitrogens with zero attached hydrogens (tertiary/aromatic N) is 1. The zero-order valence-corrected chi connectivity index (χ0v) is 13.4. The Morgan fingerprint density at radius 1 is 1.12 bits per heavy atom. The van der Waals surface area contributed by atoms with Crippen molar-refractivity contribution < 1.29 is 9.90 Å². The van der Waals surface area contributed by atoms with Crippen LogP contribution in [-0.4, -0.2) is 22.1 Å². The molecule has 2 N–H and O–H groups in total. The molecule has 1 saturated carbocycles. The van der Waals surface area contributed by atoms with E-state index >= 15 is 0 Å². The van der Waals surface area contributed by atoms with Gasteiger partial charge in [0.1, 0.15) is 5.69 Å². The molecule has 1 unspecified atom stereocenters. The Bertz CT molecular complexity index is 880. The monoisotopic (exact) mass is 320 g/mol. The summed E-state index contributed by atoms with van der Waals surface area (Å²) in [6.45, 7) is 0.201. The second-order valence-corrected chi connectivity index (χ2v) is 6.36. The highest BCUT2D eigenvalue weighted by Crippen LogP contribution is 2.36. The van der Waals surface area contributed by atoms with E-state index in [1.165, 1.54) is 0 Å². The van der Waals surface area contributed by atoms with Gasteiger partial charge in [0.25, 0.3) is 5.91 Å². The first-order valence-corrected chi connectivity index (χ1v) is 8.34. The molecule has 24 heavy (non-hydrogen) atoms. The quantitative estimate of drug-likeness (QED) is 0.756. The number of hydrogen-bond donors (Lipinski definition) is 2. The first-order valence-electron chi connectivity index (χ1n) is 8.34. The normalized spacial score (nSPS) is 15.4. The number of rotatable bonds is 5. The van der Waals surface area contributed by atoms with Gasteiger partial charge in [-0.25, -0.2) is 0 Å². The Hall–Kier alpha value is -2.59. The van der Waals surface area contributed by atoms with Gasteiger partial charge in [-0.05, 0) is 47.4 Å². The van der Waals surface area contributed by atoms with Crippen LogP contribution < -0.4 is 5.32 Å². The summed E-state index contributed by atoms with van der Waals surface area (Å²) in [4.78, 5) is 12.4. The van der Waals surface area contributed by atoms with Crippen molar-refractivity contribution in [3.05, 3.63) is 72.1 Å². The third kappa shape index (κ3) is 2.93. The maximum absolute atomic E-state index is 12.4. The summed E-state index contributed by atoms with van der Waals surface area (Å²) in [6, 6.07) is 18.1. The van der Waals surface area contributed by atoms with E-state index in [1.807, 2.05) is 65.4 Å². The highest BCUT2D eigenvalue weighted by Gasteiger charge is 2.26. The standard InChI is InChI=1S/C20H20N2O2/c23-19(16-8-7-14-4-1-2-5-15(14)12-16)13-21-20(24)18-6-3-11-22(18)17-9-10-17/h1-8,11-12,17,19,23H,9-10,13H2,(H,21,24). The van der Waals surface area contributed by atoms with Crippen LogP contribution >= 0.6 is 0 Å². The van der Waals surface area contributed by atoms with Crippen molar-refractivity contribution in [1.82, 2.24) is 9.88 Å². The molecule has 1 aliphatic rings. The third-order valence-corrected chi connectivity index (χ3v) is 4.57. The maximum Gasteiger partial charge on any atom is 0.268 e. The number of aliphatic hydroxyl groups excluding tert-OH is 1. The SMILES string of the molecule is O=C(NCC(O)c1ccc2ccccc2c1)c1cccn1C1CC1. The van der Waals surface area contributed by atoms with Crippen molar-refractivity contribution in [2.45, 2.75) is 25.0 Å². The molecule has 4 rings (SSSR count). The molecule has 0 radical (unpaired) electrons. The van der Waals surface area contributed by atoms with Crippen molar-refractivity contribution in [1.29, 1.82) is 0 Å². The van der Waals surface area contributed by atoms with Crippen LogP contribution in [0.2, 0.25) is 0 Å². The molecule has 122 valence electrons. The molecule has 0 spiro atoms. The summed E-state index contributed by atoms with van der Waals surface area (Å²) >= 11 is 0. The van der Waals surface area contributed by atoms with E-state index < -0.39 is 6.10 Å². The van der Waals surface area contributed by atoms with Gasteiger partial charge in [0.15, 0.2) is 0 Å². The summed E-state index contributed by atoms with van der Waals surface area (Å²) in [5.74, 6) is -0.133. The Labute approximate surface area is 140 Å². The number of carbonyl (C=O) groups is 1. The average molecular weight is 320 g/mol. The van der Waals surface area contributed by atoms with Crippen LogP contribution in [0.3, 0.4) is 0 Å². The van der Waals surface area contributed by atoms with Crippen LogP contribution in [-0.2, 0) is 0 Å². The maximum atomic E-state index is 12.4. The third-order valence-electron chi connectivity index (χ3n) is 4.57. The first kappa shape index (κ1) is 15.0. The van der Waals surface area contributed by atoms with Crippen LogP contribution in [0.25, 0.3) is 10.8 Å². The molecule has 3 aromatic rings. The van der Waals surface area contributed by atoms with Gasteiger partial charge >= 0.3 is 0 Å².